The SMILES string of the molecule is COc1ccc(/C=C\C(=O)C(C)(C)C)cc1OC. The number of rotatable bonds is 4. The van der Waals surface area contributed by atoms with Gasteiger partial charge in [-0.25, -0.2) is 0 Å². The number of carbonyl (C=O) groups excluding carboxylic acids is 1. The summed E-state index contributed by atoms with van der Waals surface area (Å²) in [5.41, 5.74) is 0.554. The number of hydrogen-bond acceptors (Lipinski definition) is 3. The van der Waals surface area contributed by atoms with Crippen molar-refractivity contribution in [3.05, 3.63) is 29.8 Å². The zero-order chi connectivity index (χ0) is 13.8. The van der Waals surface area contributed by atoms with E-state index in [4.69, 9.17) is 9.47 Å². The van der Waals surface area contributed by atoms with E-state index in [2.05, 4.69) is 0 Å². The number of carbonyl (C=O) groups is 1. The van der Waals surface area contributed by atoms with Gasteiger partial charge in [0.05, 0.1) is 14.2 Å². The minimum absolute atomic E-state index is 0.0947. The Kier molecular flexibility index (Phi) is 4.54. The van der Waals surface area contributed by atoms with Crippen LogP contribution < -0.4 is 9.47 Å². The van der Waals surface area contributed by atoms with Crippen LogP contribution in [0.4, 0.5) is 0 Å². The van der Waals surface area contributed by atoms with E-state index in [9.17, 15) is 4.79 Å². The first kappa shape index (κ1) is 14.3. The molecule has 3 heteroatoms. The molecule has 0 unspecified atom stereocenters. The van der Waals surface area contributed by atoms with Crippen LogP contribution in [-0.4, -0.2) is 20.0 Å². The van der Waals surface area contributed by atoms with Crippen LogP contribution in [-0.2, 0) is 4.79 Å². The fourth-order valence-corrected chi connectivity index (χ4v) is 1.38. The molecule has 0 saturated carbocycles. The van der Waals surface area contributed by atoms with Crippen LogP contribution >= 0.6 is 0 Å². The van der Waals surface area contributed by atoms with E-state index in [0.717, 1.165) is 5.56 Å². The summed E-state index contributed by atoms with van der Waals surface area (Å²) in [6.45, 7) is 5.69. The Morgan fingerprint density at radius 3 is 2.22 bits per heavy atom. The van der Waals surface area contributed by atoms with Crippen molar-refractivity contribution in [2.24, 2.45) is 5.41 Å². The van der Waals surface area contributed by atoms with E-state index in [-0.39, 0.29) is 11.2 Å². The van der Waals surface area contributed by atoms with Crippen LogP contribution in [0, 0.1) is 5.41 Å². The molecule has 0 aromatic heterocycles. The van der Waals surface area contributed by atoms with E-state index in [1.807, 2.05) is 39.0 Å². The largest absolute Gasteiger partial charge is 0.493 e. The fraction of sp³-hybridized carbons (Fsp3) is 0.400. The van der Waals surface area contributed by atoms with Gasteiger partial charge in [-0.15, -0.1) is 0 Å². The van der Waals surface area contributed by atoms with Crippen LogP contribution in [0.5, 0.6) is 11.5 Å². The molecule has 0 N–H and O–H groups in total. The third-order valence-electron chi connectivity index (χ3n) is 2.57. The number of allylic oxidation sites excluding steroid dienone is 1. The van der Waals surface area contributed by atoms with E-state index < -0.39 is 0 Å². The van der Waals surface area contributed by atoms with E-state index in [0.29, 0.717) is 11.5 Å². The topological polar surface area (TPSA) is 35.5 Å². The van der Waals surface area contributed by atoms with Gasteiger partial charge in [0.1, 0.15) is 0 Å². The molecule has 0 aliphatic heterocycles. The van der Waals surface area contributed by atoms with Gasteiger partial charge in [0.15, 0.2) is 17.3 Å². The second kappa shape index (κ2) is 5.71. The molecular formula is C15H20O3. The first-order chi connectivity index (χ1) is 8.38. The normalized spacial score (nSPS) is 11.6. The van der Waals surface area contributed by atoms with E-state index in [1.165, 1.54) is 0 Å². The lowest BCUT2D eigenvalue weighted by Gasteiger charge is -2.13. The van der Waals surface area contributed by atoms with Gasteiger partial charge >= 0.3 is 0 Å². The summed E-state index contributed by atoms with van der Waals surface area (Å²) in [7, 11) is 3.18. The average Bonchev–Trinajstić information content (AvgIpc) is 2.34. The second-order valence-corrected chi connectivity index (χ2v) is 5.06. The molecule has 0 saturated heterocycles. The van der Waals surface area contributed by atoms with Crippen molar-refractivity contribution in [3.8, 4) is 11.5 Å². The summed E-state index contributed by atoms with van der Waals surface area (Å²) in [4.78, 5) is 11.8. The van der Waals surface area contributed by atoms with Gasteiger partial charge in [0.25, 0.3) is 0 Å². The summed E-state index contributed by atoms with van der Waals surface area (Å²) in [5, 5.41) is 0. The minimum Gasteiger partial charge on any atom is -0.493 e. The molecule has 98 valence electrons. The van der Waals surface area contributed by atoms with Crippen molar-refractivity contribution in [1.29, 1.82) is 0 Å². The average molecular weight is 248 g/mol. The molecule has 0 aliphatic rings. The summed E-state index contributed by atoms with van der Waals surface area (Å²) in [6, 6.07) is 5.54. The molecule has 0 aliphatic carbocycles. The highest BCUT2D eigenvalue weighted by Crippen LogP contribution is 2.28. The lowest BCUT2D eigenvalue weighted by Crippen LogP contribution is -2.17. The zero-order valence-electron chi connectivity index (χ0n) is 11.6. The van der Waals surface area contributed by atoms with Crippen molar-refractivity contribution in [3.63, 3.8) is 0 Å². The van der Waals surface area contributed by atoms with Gasteiger partial charge in [-0.3, -0.25) is 4.79 Å². The monoisotopic (exact) mass is 248 g/mol. The maximum Gasteiger partial charge on any atom is 0.161 e. The Morgan fingerprint density at radius 1 is 1.11 bits per heavy atom. The lowest BCUT2D eigenvalue weighted by molar-refractivity contribution is -0.121. The van der Waals surface area contributed by atoms with Crippen molar-refractivity contribution in [2.75, 3.05) is 14.2 Å². The molecule has 0 heterocycles. The molecule has 0 fully saturated rings. The van der Waals surface area contributed by atoms with Crippen LogP contribution in [0.1, 0.15) is 26.3 Å². The van der Waals surface area contributed by atoms with Crippen LogP contribution in [0.3, 0.4) is 0 Å². The summed E-state index contributed by atoms with van der Waals surface area (Å²) in [6.07, 6.45) is 3.39. The van der Waals surface area contributed by atoms with Gasteiger partial charge in [-0.1, -0.05) is 32.9 Å². The Morgan fingerprint density at radius 2 is 1.72 bits per heavy atom. The van der Waals surface area contributed by atoms with Gasteiger partial charge < -0.3 is 9.47 Å². The quantitative estimate of drug-likeness (QED) is 0.767. The van der Waals surface area contributed by atoms with E-state index >= 15 is 0 Å². The molecule has 1 rings (SSSR count). The third-order valence-corrected chi connectivity index (χ3v) is 2.57. The van der Waals surface area contributed by atoms with Crippen molar-refractivity contribution < 1.29 is 14.3 Å². The molecule has 1 aromatic carbocycles. The Hall–Kier alpha value is -1.77. The van der Waals surface area contributed by atoms with Crippen molar-refractivity contribution >= 4 is 11.9 Å². The minimum atomic E-state index is -0.354. The maximum absolute atomic E-state index is 11.8. The first-order valence-corrected chi connectivity index (χ1v) is 5.83. The summed E-state index contributed by atoms with van der Waals surface area (Å²) >= 11 is 0. The smallest absolute Gasteiger partial charge is 0.161 e. The number of methoxy groups -OCH3 is 2. The molecular weight excluding hydrogens is 228 g/mol. The molecule has 0 amide bonds. The maximum atomic E-state index is 11.8. The van der Waals surface area contributed by atoms with Crippen molar-refractivity contribution in [2.45, 2.75) is 20.8 Å². The molecule has 1 aromatic rings. The molecule has 0 spiro atoms. The third kappa shape index (κ3) is 3.62. The van der Waals surface area contributed by atoms with Gasteiger partial charge in [-0.05, 0) is 23.8 Å². The first-order valence-electron chi connectivity index (χ1n) is 5.83. The molecule has 0 bridgehead atoms. The Labute approximate surface area is 108 Å². The highest BCUT2D eigenvalue weighted by Gasteiger charge is 2.17. The Balaban J connectivity index is 2.92. The molecule has 0 atom stereocenters. The standard InChI is InChI=1S/C15H20O3/c1-15(2,3)14(16)9-7-11-6-8-12(17-4)13(10-11)18-5/h6-10H,1-5H3/b9-7-. The number of hydrogen-bond donors (Lipinski definition) is 0. The number of ketones is 1. The highest BCUT2D eigenvalue weighted by atomic mass is 16.5. The predicted molar refractivity (Wildman–Crippen MR) is 73.0 cm³/mol. The molecule has 0 radical (unpaired) electrons. The number of ether oxygens (including phenoxy) is 2. The lowest BCUT2D eigenvalue weighted by atomic mass is 9.90. The zero-order valence-corrected chi connectivity index (χ0v) is 11.6. The summed E-state index contributed by atoms with van der Waals surface area (Å²) in [5.74, 6) is 1.43. The number of benzene rings is 1. The van der Waals surface area contributed by atoms with Gasteiger partial charge in [0.2, 0.25) is 0 Å². The highest BCUT2D eigenvalue weighted by molar-refractivity contribution is 5.97. The summed E-state index contributed by atoms with van der Waals surface area (Å²) < 4.78 is 10.4. The van der Waals surface area contributed by atoms with Crippen LogP contribution in [0.2, 0.25) is 0 Å². The van der Waals surface area contributed by atoms with E-state index in [1.54, 1.807) is 26.4 Å². The van der Waals surface area contributed by atoms with Gasteiger partial charge in [0, 0.05) is 5.41 Å². The van der Waals surface area contributed by atoms with Crippen LogP contribution in [0.25, 0.3) is 6.08 Å². The second-order valence-electron chi connectivity index (χ2n) is 5.06. The van der Waals surface area contributed by atoms with Crippen molar-refractivity contribution in [1.82, 2.24) is 0 Å². The predicted octanol–water partition coefficient (Wildman–Crippen LogP) is 3.33. The fourth-order valence-electron chi connectivity index (χ4n) is 1.38. The van der Waals surface area contributed by atoms with Gasteiger partial charge in [-0.2, -0.15) is 0 Å². The Bertz CT molecular complexity index is 453. The van der Waals surface area contributed by atoms with Crippen LogP contribution in [0.15, 0.2) is 24.3 Å². The molecule has 18 heavy (non-hydrogen) atoms. The molecule has 3 nitrogen and oxygen atoms in total.